The highest BCUT2D eigenvalue weighted by Gasteiger charge is 2.06. The highest BCUT2D eigenvalue weighted by Crippen LogP contribution is 2.22. The Labute approximate surface area is 82.5 Å². The molecule has 1 aromatic heterocycles. The summed E-state index contributed by atoms with van der Waals surface area (Å²) in [6.45, 7) is 3.00. The number of nitrogen functional groups attached to an aromatic ring is 2. The second-order valence-corrected chi connectivity index (χ2v) is 3.38. The van der Waals surface area contributed by atoms with Gasteiger partial charge in [0, 0.05) is 17.6 Å². The van der Waals surface area contributed by atoms with Gasteiger partial charge < -0.3 is 11.5 Å². The molecule has 2 aromatic rings. The van der Waals surface area contributed by atoms with Crippen LogP contribution in [0.5, 0.6) is 0 Å². The summed E-state index contributed by atoms with van der Waals surface area (Å²) in [4.78, 5) is 0. The predicted octanol–water partition coefficient (Wildman–Crippen LogP) is 1.61. The van der Waals surface area contributed by atoms with Crippen LogP contribution in [0.4, 0.5) is 11.5 Å². The molecule has 1 aromatic carbocycles. The number of fused-ring (bicyclic) bond motifs is 1. The summed E-state index contributed by atoms with van der Waals surface area (Å²) in [5.41, 5.74) is 13.2. The first-order chi connectivity index (χ1) is 6.72. The molecule has 0 saturated carbocycles. The minimum atomic E-state index is 0.556. The normalized spacial score (nSPS) is 10.9. The molecule has 4 heteroatoms. The van der Waals surface area contributed by atoms with Crippen molar-refractivity contribution < 1.29 is 0 Å². The second kappa shape index (κ2) is 3.21. The molecule has 2 rings (SSSR count). The Balaban J connectivity index is 2.65. The quantitative estimate of drug-likeness (QED) is 0.707. The van der Waals surface area contributed by atoms with E-state index in [2.05, 4.69) is 12.0 Å². The van der Waals surface area contributed by atoms with Gasteiger partial charge in [0.05, 0.1) is 5.52 Å². The van der Waals surface area contributed by atoms with E-state index in [9.17, 15) is 0 Å². The Hall–Kier alpha value is -1.71. The first kappa shape index (κ1) is 8.87. The minimum absolute atomic E-state index is 0.556. The third kappa shape index (κ3) is 1.28. The molecular formula is C10H14N4. The van der Waals surface area contributed by atoms with E-state index >= 15 is 0 Å². The summed E-state index contributed by atoms with van der Waals surface area (Å²) in [5, 5.41) is 5.20. The molecule has 0 spiro atoms. The summed E-state index contributed by atoms with van der Waals surface area (Å²) >= 11 is 0. The van der Waals surface area contributed by atoms with Crippen molar-refractivity contribution in [3.8, 4) is 0 Å². The minimum Gasteiger partial charge on any atom is -0.399 e. The number of hydrogen-bond donors (Lipinski definition) is 2. The van der Waals surface area contributed by atoms with E-state index in [1.165, 1.54) is 0 Å². The van der Waals surface area contributed by atoms with E-state index < -0.39 is 0 Å². The van der Waals surface area contributed by atoms with Crippen LogP contribution in [0.15, 0.2) is 18.2 Å². The molecule has 1 heterocycles. The molecule has 74 valence electrons. The Morgan fingerprint density at radius 3 is 2.86 bits per heavy atom. The van der Waals surface area contributed by atoms with Crippen molar-refractivity contribution in [3.63, 3.8) is 0 Å². The van der Waals surface area contributed by atoms with E-state index in [0.717, 1.165) is 29.6 Å². The maximum atomic E-state index is 5.79. The average molecular weight is 190 g/mol. The molecule has 0 saturated heterocycles. The van der Waals surface area contributed by atoms with Crippen LogP contribution in [-0.4, -0.2) is 9.78 Å². The lowest BCUT2D eigenvalue weighted by molar-refractivity contribution is 0.625. The molecule has 0 amide bonds. The Morgan fingerprint density at radius 1 is 1.36 bits per heavy atom. The number of rotatable bonds is 2. The fourth-order valence-electron chi connectivity index (χ4n) is 1.60. The molecule has 0 unspecified atom stereocenters. The molecule has 0 radical (unpaired) electrons. The number of benzene rings is 1. The molecule has 4 nitrogen and oxygen atoms in total. The topological polar surface area (TPSA) is 69.9 Å². The van der Waals surface area contributed by atoms with Crippen molar-refractivity contribution in [2.45, 2.75) is 19.9 Å². The number of nitrogens with zero attached hydrogens (tertiary/aromatic N) is 2. The number of aryl methyl sites for hydroxylation is 1. The lowest BCUT2D eigenvalue weighted by Gasteiger charge is -1.99. The number of nitrogens with two attached hydrogens (primary N) is 2. The molecule has 0 atom stereocenters. The van der Waals surface area contributed by atoms with Crippen LogP contribution in [0.3, 0.4) is 0 Å². The fraction of sp³-hybridized carbons (Fsp3) is 0.300. The number of aromatic nitrogens is 2. The zero-order chi connectivity index (χ0) is 10.1. The average Bonchev–Trinajstić information content (AvgIpc) is 2.44. The van der Waals surface area contributed by atoms with E-state index in [1.54, 1.807) is 0 Å². The molecule has 14 heavy (non-hydrogen) atoms. The van der Waals surface area contributed by atoms with Crippen molar-refractivity contribution in [3.05, 3.63) is 18.2 Å². The lowest BCUT2D eigenvalue weighted by Crippen LogP contribution is -1.99. The van der Waals surface area contributed by atoms with Crippen LogP contribution < -0.4 is 11.5 Å². The Bertz CT molecular complexity index is 458. The highest BCUT2D eigenvalue weighted by atomic mass is 15.3. The van der Waals surface area contributed by atoms with Crippen molar-refractivity contribution >= 4 is 22.4 Å². The van der Waals surface area contributed by atoms with E-state index in [0.29, 0.717) is 5.82 Å². The van der Waals surface area contributed by atoms with Gasteiger partial charge in [-0.1, -0.05) is 6.92 Å². The molecule has 0 bridgehead atoms. The van der Waals surface area contributed by atoms with Gasteiger partial charge in [-0.2, -0.15) is 5.10 Å². The molecule has 4 N–H and O–H groups in total. The van der Waals surface area contributed by atoms with E-state index in [-0.39, 0.29) is 0 Å². The zero-order valence-electron chi connectivity index (χ0n) is 8.20. The predicted molar refractivity (Wildman–Crippen MR) is 58.8 cm³/mol. The van der Waals surface area contributed by atoms with Crippen molar-refractivity contribution in [1.29, 1.82) is 0 Å². The molecular weight excluding hydrogens is 176 g/mol. The molecule has 0 aliphatic heterocycles. The van der Waals surface area contributed by atoms with E-state index in [4.69, 9.17) is 11.5 Å². The lowest BCUT2D eigenvalue weighted by atomic mass is 10.2. The third-order valence-corrected chi connectivity index (χ3v) is 2.24. The number of hydrogen-bond acceptors (Lipinski definition) is 3. The monoisotopic (exact) mass is 190 g/mol. The summed E-state index contributed by atoms with van der Waals surface area (Å²) in [6.07, 6.45) is 1.04. The van der Waals surface area contributed by atoms with Crippen LogP contribution in [0.2, 0.25) is 0 Å². The SMILES string of the molecule is CCCn1nc(N)c2cc(N)ccc21. The maximum Gasteiger partial charge on any atom is 0.153 e. The van der Waals surface area contributed by atoms with E-state index in [1.807, 2.05) is 22.9 Å². The van der Waals surface area contributed by atoms with Crippen LogP contribution in [-0.2, 0) is 6.54 Å². The van der Waals surface area contributed by atoms with Gasteiger partial charge in [0.15, 0.2) is 5.82 Å². The van der Waals surface area contributed by atoms with Crippen molar-refractivity contribution in [2.75, 3.05) is 11.5 Å². The summed E-state index contributed by atoms with van der Waals surface area (Å²) in [5.74, 6) is 0.556. The van der Waals surface area contributed by atoms with Gasteiger partial charge >= 0.3 is 0 Å². The van der Waals surface area contributed by atoms with Crippen molar-refractivity contribution in [2.24, 2.45) is 0 Å². The standard InChI is InChI=1S/C10H14N4/c1-2-5-14-9-4-3-7(11)6-8(9)10(12)13-14/h3-4,6H,2,5,11H2,1H3,(H2,12,13). The Kier molecular flexibility index (Phi) is 2.04. The van der Waals surface area contributed by atoms with Gasteiger partial charge in [-0.05, 0) is 24.6 Å². The fourth-order valence-corrected chi connectivity index (χ4v) is 1.60. The highest BCUT2D eigenvalue weighted by molar-refractivity contribution is 5.91. The van der Waals surface area contributed by atoms with Crippen LogP contribution in [0.1, 0.15) is 13.3 Å². The second-order valence-electron chi connectivity index (χ2n) is 3.38. The molecule has 0 aliphatic carbocycles. The first-order valence-electron chi connectivity index (χ1n) is 4.74. The maximum absolute atomic E-state index is 5.79. The third-order valence-electron chi connectivity index (χ3n) is 2.24. The zero-order valence-corrected chi connectivity index (χ0v) is 8.20. The van der Waals surface area contributed by atoms with Gasteiger partial charge in [-0.3, -0.25) is 4.68 Å². The Morgan fingerprint density at radius 2 is 2.14 bits per heavy atom. The first-order valence-corrected chi connectivity index (χ1v) is 4.74. The van der Waals surface area contributed by atoms with Gasteiger partial charge in [0.1, 0.15) is 0 Å². The summed E-state index contributed by atoms with van der Waals surface area (Å²) in [6, 6.07) is 5.70. The van der Waals surface area contributed by atoms with Crippen molar-refractivity contribution in [1.82, 2.24) is 9.78 Å². The van der Waals surface area contributed by atoms with Gasteiger partial charge in [0.25, 0.3) is 0 Å². The summed E-state index contributed by atoms with van der Waals surface area (Å²) < 4.78 is 1.92. The smallest absolute Gasteiger partial charge is 0.153 e. The molecule has 0 fully saturated rings. The van der Waals surface area contributed by atoms with Crippen LogP contribution in [0.25, 0.3) is 10.9 Å². The largest absolute Gasteiger partial charge is 0.399 e. The van der Waals surface area contributed by atoms with Crippen LogP contribution >= 0.6 is 0 Å². The van der Waals surface area contributed by atoms with Gasteiger partial charge in [0.2, 0.25) is 0 Å². The summed E-state index contributed by atoms with van der Waals surface area (Å²) in [7, 11) is 0. The van der Waals surface area contributed by atoms with Gasteiger partial charge in [-0.15, -0.1) is 0 Å². The number of anilines is 2. The van der Waals surface area contributed by atoms with Gasteiger partial charge in [-0.25, -0.2) is 0 Å². The van der Waals surface area contributed by atoms with Crippen LogP contribution in [0, 0.1) is 0 Å². The molecule has 0 aliphatic rings.